The van der Waals surface area contributed by atoms with Crippen LogP contribution in [0.2, 0.25) is 5.02 Å². The molecule has 2 N–H and O–H groups in total. The van der Waals surface area contributed by atoms with Crippen molar-refractivity contribution in [1.29, 1.82) is 0 Å². The van der Waals surface area contributed by atoms with Crippen molar-refractivity contribution in [1.82, 2.24) is 10.3 Å². The zero-order valence-corrected chi connectivity index (χ0v) is 12.6. The van der Waals surface area contributed by atoms with Gasteiger partial charge in [-0.2, -0.15) is 0 Å². The van der Waals surface area contributed by atoms with Gasteiger partial charge in [0.1, 0.15) is 5.82 Å². The number of amides is 1. The molecule has 0 aliphatic carbocycles. The molecule has 2 aromatic rings. The molecule has 22 heavy (non-hydrogen) atoms. The van der Waals surface area contributed by atoms with Gasteiger partial charge in [-0.25, -0.2) is 4.39 Å². The Morgan fingerprint density at radius 3 is 2.73 bits per heavy atom. The fourth-order valence-electron chi connectivity index (χ4n) is 1.94. The highest BCUT2D eigenvalue weighted by atomic mass is 35.5. The highest BCUT2D eigenvalue weighted by molar-refractivity contribution is 6.30. The molecular formula is C16H16ClFN2O2. The van der Waals surface area contributed by atoms with Crippen LogP contribution in [0.15, 0.2) is 42.7 Å². The smallest absolute Gasteiger partial charge is 0.220 e. The normalized spacial score (nSPS) is 12.0. The van der Waals surface area contributed by atoms with Crippen LogP contribution in [0.3, 0.4) is 0 Å². The Morgan fingerprint density at radius 2 is 2.05 bits per heavy atom. The number of carbonyl (C=O) groups is 1. The molecule has 0 aliphatic heterocycles. The molecule has 2 rings (SSSR count). The highest BCUT2D eigenvalue weighted by Crippen LogP contribution is 2.19. The average Bonchev–Trinajstić information content (AvgIpc) is 2.54. The van der Waals surface area contributed by atoms with E-state index in [9.17, 15) is 14.3 Å². The Hall–Kier alpha value is -1.98. The second-order valence-corrected chi connectivity index (χ2v) is 5.26. The SMILES string of the molecule is O=C(CCc1ccncc1)NCC(O)c1ccc(Cl)c(F)c1. The van der Waals surface area contributed by atoms with Crippen molar-refractivity contribution in [3.63, 3.8) is 0 Å². The van der Waals surface area contributed by atoms with Gasteiger partial charge in [0.2, 0.25) is 5.91 Å². The monoisotopic (exact) mass is 322 g/mol. The molecule has 0 radical (unpaired) electrons. The molecule has 0 saturated carbocycles. The van der Waals surface area contributed by atoms with Crippen LogP contribution >= 0.6 is 11.6 Å². The topological polar surface area (TPSA) is 62.2 Å². The van der Waals surface area contributed by atoms with Gasteiger partial charge in [-0.3, -0.25) is 9.78 Å². The summed E-state index contributed by atoms with van der Waals surface area (Å²) in [6.07, 6.45) is 3.28. The van der Waals surface area contributed by atoms with Gasteiger partial charge in [0.05, 0.1) is 11.1 Å². The lowest BCUT2D eigenvalue weighted by Gasteiger charge is -2.12. The second-order valence-electron chi connectivity index (χ2n) is 4.85. The van der Waals surface area contributed by atoms with Gasteiger partial charge in [-0.1, -0.05) is 17.7 Å². The lowest BCUT2D eigenvalue weighted by Crippen LogP contribution is -2.28. The number of halogens is 2. The number of aliphatic hydroxyl groups excluding tert-OH is 1. The first-order valence-electron chi connectivity index (χ1n) is 6.85. The Balaban J connectivity index is 1.79. The summed E-state index contributed by atoms with van der Waals surface area (Å²) in [4.78, 5) is 15.6. The Morgan fingerprint density at radius 1 is 1.32 bits per heavy atom. The molecule has 0 saturated heterocycles. The van der Waals surface area contributed by atoms with Crippen LogP contribution in [0.4, 0.5) is 4.39 Å². The number of hydrogen-bond donors (Lipinski definition) is 2. The van der Waals surface area contributed by atoms with E-state index in [4.69, 9.17) is 11.6 Å². The van der Waals surface area contributed by atoms with Crippen LogP contribution in [-0.2, 0) is 11.2 Å². The maximum Gasteiger partial charge on any atom is 0.220 e. The van der Waals surface area contributed by atoms with Gasteiger partial charge < -0.3 is 10.4 Å². The summed E-state index contributed by atoms with van der Waals surface area (Å²) < 4.78 is 13.3. The van der Waals surface area contributed by atoms with Crippen molar-refractivity contribution < 1.29 is 14.3 Å². The average molecular weight is 323 g/mol. The molecule has 1 unspecified atom stereocenters. The van der Waals surface area contributed by atoms with Crippen molar-refractivity contribution in [2.45, 2.75) is 18.9 Å². The Labute approximate surface area is 133 Å². The lowest BCUT2D eigenvalue weighted by molar-refractivity contribution is -0.121. The van der Waals surface area contributed by atoms with E-state index in [1.807, 2.05) is 12.1 Å². The van der Waals surface area contributed by atoms with E-state index in [2.05, 4.69) is 10.3 Å². The zero-order valence-electron chi connectivity index (χ0n) is 11.8. The van der Waals surface area contributed by atoms with Crippen LogP contribution in [0.1, 0.15) is 23.7 Å². The van der Waals surface area contributed by atoms with Crippen LogP contribution in [0.5, 0.6) is 0 Å². The molecule has 1 amide bonds. The van der Waals surface area contributed by atoms with Gasteiger partial charge in [0, 0.05) is 25.4 Å². The summed E-state index contributed by atoms with van der Waals surface area (Å²) in [6.45, 7) is 0.0241. The van der Waals surface area contributed by atoms with Crippen molar-refractivity contribution >= 4 is 17.5 Å². The number of nitrogens with one attached hydrogen (secondary N) is 1. The quantitative estimate of drug-likeness (QED) is 0.859. The third kappa shape index (κ3) is 4.79. The van der Waals surface area contributed by atoms with E-state index in [-0.39, 0.29) is 17.5 Å². The maximum absolute atomic E-state index is 13.3. The third-order valence-electron chi connectivity index (χ3n) is 3.21. The summed E-state index contributed by atoms with van der Waals surface area (Å²) in [5.41, 5.74) is 1.39. The predicted octanol–water partition coefficient (Wildman–Crippen LogP) is 2.66. The number of aromatic nitrogens is 1. The highest BCUT2D eigenvalue weighted by Gasteiger charge is 2.11. The van der Waals surface area contributed by atoms with Crippen LogP contribution in [0.25, 0.3) is 0 Å². The summed E-state index contributed by atoms with van der Waals surface area (Å²) in [5, 5.41) is 12.6. The molecule has 1 aromatic carbocycles. The largest absolute Gasteiger partial charge is 0.387 e. The van der Waals surface area contributed by atoms with Gasteiger partial charge in [0.15, 0.2) is 0 Å². The summed E-state index contributed by atoms with van der Waals surface area (Å²) in [7, 11) is 0. The number of carbonyl (C=O) groups excluding carboxylic acids is 1. The summed E-state index contributed by atoms with van der Waals surface area (Å²) in [6, 6.07) is 7.76. The van der Waals surface area contributed by atoms with E-state index < -0.39 is 11.9 Å². The fourth-order valence-corrected chi connectivity index (χ4v) is 2.06. The predicted molar refractivity (Wildman–Crippen MR) is 81.9 cm³/mol. The molecule has 0 fully saturated rings. The summed E-state index contributed by atoms with van der Waals surface area (Å²) >= 11 is 5.58. The number of nitrogens with zero attached hydrogens (tertiary/aromatic N) is 1. The van der Waals surface area contributed by atoms with Crippen LogP contribution in [0, 0.1) is 5.82 Å². The molecular weight excluding hydrogens is 307 g/mol. The molecule has 1 aromatic heterocycles. The molecule has 0 aliphatic rings. The number of aliphatic hydroxyl groups is 1. The molecule has 4 nitrogen and oxygen atoms in total. The fraction of sp³-hybridized carbons (Fsp3) is 0.250. The second kappa shape index (κ2) is 7.87. The van der Waals surface area contributed by atoms with Crippen molar-refractivity contribution in [3.05, 3.63) is 64.7 Å². The van der Waals surface area contributed by atoms with E-state index in [1.54, 1.807) is 12.4 Å². The molecule has 116 valence electrons. The number of rotatable bonds is 6. The van der Waals surface area contributed by atoms with Gasteiger partial charge in [-0.05, 0) is 41.8 Å². The standard InChI is InChI=1S/C16H16ClFN2O2/c17-13-3-2-12(9-14(13)18)15(21)10-20-16(22)4-1-11-5-7-19-8-6-11/h2-3,5-9,15,21H,1,4,10H2,(H,20,22). The molecule has 1 heterocycles. The first kappa shape index (κ1) is 16.4. The molecule has 0 spiro atoms. The van der Waals surface area contributed by atoms with E-state index >= 15 is 0 Å². The van der Waals surface area contributed by atoms with Gasteiger partial charge in [0.25, 0.3) is 0 Å². The van der Waals surface area contributed by atoms with Crippen molar-refractivity contribution in [2.24, 2.45) is 0 Å². The van der Waals surface area contributed by atoms with E-state index in [1.165, 1.54) is 12.1 Å². The third-order valence-corrected chi connectivity index (χ3v) is 3.52. The number of hydrogen-bond acceptors (Lipinski definition) is 3. The first-order valence-corrected chi connectivity index (χ1v) is 7.22. The molecule has 0 bridgehead atoms. The molecule has 1 atom stereocenters. The Kier molecular flexibility index (Phi) is 5.86. The Bertz CT molecular complexity index is 637. The lowest BCUT2D eigenvalue weighted by atomic mass is 10.1. The number of aryl methyl sites for hydroxylation is 1. The zero-order chi connectivity index (χ0) is 15.9. The minimum atomic E-state index is -0.975. The minimum absolute atomic E-state index is 0.00247. The van der Waals surface area contributed by atoms with Crippen molar-refractivity contribution in [3.8, 4) is 0 Å². The van der Waals surface area contributed by atoms with Gasteiger partial charge >= 0.3 is 0 Å². The first-order chi connectivity index (χ1) is 10.6. The van der Waals surface area contributed by atoms with Crippen LogP contribution < -0.4 is 5.32 Å². The van der Waals surface area contributed by atoms with E-state index in [0.717, 1.165) is 11.6 Å². The molecule has 6 heteroatoms. The maximum atomic E-state index is 13.3. The van der Waals surface area contributed by atoms with Gasteiger partial charge in [-0.15, -0.1) is 0 Å². The summed E-state index contributed by atoms with van der Waals surface area (Å²) in [5.74, 6) is -0.771. The van der Waals surface area contributed by atoms with E-state index in [0.29, 0.717) is 18.4 Å². The number of benzene rings is 1. The van der Waals surface area contributed by atoms with Crippen molar-refractivity contribution in [2.75, 3.05) is 6.54 Å². The minimum Gasteiger partial charge on any atom is -0.387 e. The van der Waals surface area contributed by atoms with Crippen LogP contribution in [-0.4, -0.2) is 22.5 Å². The number of pyridine rings is 1.